The Bertz CT molecular complexity index is 584. The van der Waals surface area contributed by atoms with E-state index in [9.17, 15) is 4.79 Å². The molecule has 116 valence electrons. The highest BCUT2D eigenvalue weighted by Crippen LogP contribution is 2.09. The molecule has 0 fully saturated rings. The Kier molecular flexibility index (Phi) is 6.44. The summed E-state index contributed by atoms with van der Waals surface area (Å²) < 4.78 is 0. The maximum atomic E-state index is 12.3. The smallest absolute Gasteiger partial charge is 0.236 e. The second-order valence-electron chi connectivity index (χ2n) is 5.12. The molecule has 0 aromatic heterocycles. The lowest BCUT2D eigenvalue weighted by molar-refractivity contribution is -0.130. The van der Waals surface area contributed by atoms with Gasteiger partial charge in [-0.15, -0.1) is 0 Å². The highest BCUT2D eigenvalue weighted by atomic mass is 35.5. The van der Waals surface area contributed by atoms with Gasteiger partial charge in [0, 0.05) is 24.7 Å². The predicted molar refractivity (Wildman–Crippen MR) is 90.7 cm³/mol. The van der Waals surface area contributed by atoms with Crippen LogP contribution < -0.4 is 5.32 Å². The van der Waals surface area contributed by atoms with Crippen molar-refractivity contribution in [1.29, 1.82) is 0 Å². The van der Waals surface area contributed by atoms with Crippen LogP contribution >= 0.6 is 11.6 Å². The van der Waals surface area contributed by atoms with E-state index < -0.39 is 0 Å². The number of halogens is 1. The number of amides is 1. The molecule has 0 atom stereocenters. The van der Waals surface area contributed by atoms with Crippen LogP contribution in [0.3, 0.4) is 0 Å². The van der Waals surface area contributed by atoms with Crippen LogP contribution in [0.2, 0.25) is 5.02 Å². The topological polar surface area (TPSA) is 32.3 Å². The van der Waals surface area contributed by atoms with Gasteiger partial charge in [-0.05, 0) is 30.2 Å². The first kappa shape index (κ1) is 16.5. The minimum atomic E-state index is 0.111. The van der Waals surface area contributed by atoms with Crippen molar-refractivity contribution in [1.82, 2.24) is 10.2 Å². The number of benzene rings is 2. The van der Waals surface area contributed by atoms with Crippen molar-refractivity contribution >= 4 is 17.5 Å². The number of likely N-dealkylation sites (N-methyl/N-ethyl adjacent to an activating group) is 1. The Morgan fingerprint density at radius 3 is 2.36 bits per heavy atom. The number of carbonyl (C=O) groups excluding carboxylic acids is 1. The molecule has 0 spiro atoms. The van der Waals surface area contributed by atoms with Crippen molar-refractivity contribution in [2.75, 3.05) is 13.1 Å². The standard InChI is InChI=1S/C18H21ClN2O/c1-2-21(14-16-6-4-3-5-7-16)18(22)13-20-12-15-8-10-17(19)11-9-15/h3-11,20H,2,12-14H2,1H3. The van der Waals surface area contributed by atoms with Crippen LogP contribution in [0.5, 0.6) is 0 Å². The zero-order chi connectivity index (χ0) is 15.8. The normalized spacial score (nSPS) is 10.5. The number of hydrogen-bond acceptors (Lipinski definition) is 2. The molecule has 2 rings (SSSR count). The third-order valence-electron chi connectivity index (χ3n) is 3.47. The highest BCUT2D eigenvalue weighted by Gasteiger charge is 2.11. The van der Waals surface area contributed by atoms with E-state index in [1.807, 2.05) is 66.4 Å². The van der Waals surface area contributed by atoms with Crippen LogP contribution in [0.25, 0.3) is 0 Å². The van der Waals surface area contributed by atoms with Crippen LogP contribution in [0.4, 0.5) is 0 Å². The molecule has 2 aromatic carbocycles. The predicted octanol–water partition coefficient (Wildman–Crippen LogP) is 3.48. The van der Waals surface area contributed by atoms with E-state index in [1.165, 1.54) is 0 Å². The fraction of sp³-hybridized carbons (Fsp3) is 0.278. The van der Waals surface area contributed by atoms with Crippen LogP contribution in [0.1, 0.15) is 18.1 Å². The molecule has 0 heterocycles. The van der Waals surface area contributed by atoms with Gasteiger partial charge in [0.1, 0.15) is 0 Å². The molecule has 3 nitrogen and oxygen atoms in total. The van der Waals surface area contributed by atoms with Gasteiger partial charge in [0.05, 0.1) is 6.54 Å². The maximum absolute atomic E-state index is 12.3. The molecule has 0 radical (unpaired) electrons. The summed E-state index contributed by atoms with van der Waals surface area (Å²) in [5, 5.41) is 3.91. The number of carbonyl (C=O) groups is 1. The number of nitrogens with zero attached hydrogens (tertiary/aromatic N) is 1. The van der Waals surface area contributed by atoms with Gasteiger partial charge in [-0.25, -0.2) is 0 Å². The molecule has 0 saturated carbocycles. The van der Waals surface area contributed by atoms with Crippen molar-refractivity contribution in [3.63, 3.8) is 0 Å². The van der Waals surface area contributed by atoms with Gasteiger partial charge in [-0.1, -0.05) is 54.1 Å². The number of nitrogens with one attached hydrogen (secondary N) is 1. The van der Waals surface area contributed by atoms with Crippen molar-refractivity contribution < 1.29 is 4.79 Å². The van der Waals surface area contributed by atoms with E-state index in [4.69, 9.17) is 11.6 Å². The third-order valence-corrected chi connectivity index (χ3v) is 3.72. The van der Waals surface area contributed by atoms with Crippen molar-refractivity contribution in [2.45, 2.75) is 20.0 Å². The first-order chi connectivity index (χ1) is 10.7. The van der Waals surface area contributed by atoms with Crippen molar-refractivity contribution in [2.24, 2.45) is 0 Å². The minimum Gasteiger partial charge on any atom is -0.338 e. The molecule has 2 aromatic rings. The van der Waals surface area contributed by atoms with E-state index in [0.29, 0.717) is 26.2 Å². The molecule has 0 unspecified atom stereocenters. The van der Waals surface area contributed by atoms with Gasteiger partial charge in [-0.3, -0.25) is 4.79 Å². The lowest BCUT2D eigenvalue weighted by atomic mass is 10.2. The number of rotatable bonds is 7. The van der Waals surface area contributed by atoms with Crippen LogP contribution in [0.15, 0.2) is 54.6 Å². The highest BCUT2D eigenvalue weighted by molar-refractivity contribution is 6.30. The van der Waals surface area contributed by atoms with Gasteiger partial charge in [0.25, 0.3) is 0 Å². The van der Waals surface area contributed by atoms with Crippen LogP contribution in [-0.4, -0.2) is 23.9 Å². The molecule has 22 heavy (non-hydrogen) atoms. The molecule has 0 aliphatic carbocycles. The average Bonchev–Trinajstić information content (AvgIpc) is 2.55. The zero-order valence-electron chi connectivity index (χ0n) is 12.8. The fourth-order valence-electron chi connectivity index (χ4n) is 2.21. The summed E-state index contributed by atoms with van der Waals surface area (Å²) in [6.07, 6.45) is 0. The Hall–Kier alpha value is -1.84. The van der Waals surface area contributed by atoms with E-state index >= 15 is 0 Å². The van der Waals surface area contributed by atoms with Crippen LogP contribution in [-0.2, 0) is 17.9 Å². The summed E-state index contributed by atoms with van der Waals surface area (Å²) in [5.74, 6) is 0.111. The van der Waals surface area contributed by atoms with Crippen molar-refractivity contribution in [3.8, 4) is 0 Å². The molecule has 0 aliphatic rings. The molecular weight excluding hydrogens is 296 g/mol. The van der Waals surface area contributed by atoms with E-state index in [0.717, 1.165) is 16.1 Å². The summed E-state index contributed by atoms with van der Waals surface area (Å²) in [6, 6.07) is 17.7. The lowest BCUT2D eigenvalue weighted by Crippen LogP contribution is -2.37. The first-order valence-electron chi connectivity index (χ1n) is 7.46. The average molecular weight is 317 g/mol. The second-order valence-corrected chi connectivity index (χ2v) is 5.56. The molecule has 0 saturated heterocycles. The Morgan fingerprint density at radius 2 is 1.73 bits per heavy atom. The summed E-state index contributed by atoms with van der Waals surface area (Å²) in [5.41, 5.74) is 2.26. The monoisotopic (exact) mass is 316 g/mol. The minimum absolute atomic E-state index is 0.111. The lowest BCUT2D eigenvalue weighted by Gasteiger charge is -2.21. The van der Waals surface area contributed by atoms with Gasteiger partial charge < -0.3 is 10.2 Å². The van der Waals surface area contributed by atoms with Gasteiger partial charge in [0.2, 0.25) is 5.91 Å². The summed E-state index contributed by atoms with van der Waals surface area (Å²) >= 11 is 5.85. The van der Waals surface area contributed by atoms with Gasteiger partial charge in [-0.2, -0.15) is 0 Å². The molecular formula is C18H21ClN2O. The maximum Gasteiger partial charge on any atom is 0.236 e. The van der Waals surface area contributed by atoms with Gasteiger partial charge >= 0.3 is 0 Å². The van der Waals surface area contributed by atoms with Crippen LogP contribution in [0, 0.1) is 0 Å². The fourth-order valence-corrected chi connectivity index (χ4v) is 2.33. The largest absolute Gasteiger partial charge is 0.338 e. The molecule has 1 amide bonds. The Balaban J connectivity index is 1.80. The Labute approximate surface area is 136 Å². The van der Waals surface area contributed by atoms with E-state index in [1.54, 1.807) is 0 Å². The van der Waals surface area contributed by atoms with Crippen molar-refractivity contribution in [3.05, 3.63) is 70.7 Å². The molecule has 0 bridgehead atoms. The quantitative estimate of drug-likeness (QED) is 0.848. The second kappa shape index (κ2) is 8.57. The van der Waals surface area contributed by atoms with Gasteiger partial charge in [0.15, 0.2) is 0 Å². The SMILES string of the molecule is CCN(Cc1ccccc1)C(=O)CNCc1ccc(Cl)cc1. The third kappa shape index (κ3) is 5.17. The molecule has 0 aliphatic heterocycles. The molecule has 4 heteroatoms. The summed E-state index contributed by atoms with van der Waals surface area (Å²) in [4.78, 5) is 14.1. The summed E-state index contributed by atoms with van der Waals surface area (Å²) in [7, 11) is 0. The zero-order valence-corrected chi connectivity index (χ0v) is 13.5. The Morgan fingerprint density at radius 1 is 1.05 bits per heavy atom. The van der Waals surface area contributed by atoms with E-state index in [-0.39, 0.29) is 5.91 Å². The first-order valence-corrected chi connectivity index (χ1v) is 7.83. The summed E-state index contributed by atoms with van der Waals surface area (Å²) in [6.45, 7) is 4.35. The molecule has 1 N–H and O–H groups in total. The van der Waals surface area contributed by atoms with E-state index in [2.05, 4.69) is 5.32 Å². The number of hydrogen-bond donors (Lipinski definition) is 1.